The normalized spacial score (nSPS) is 10.5. The largest absolute Gasteiger partial charge is 0.299 e. The fourth-order valence-electron chi connectivity index (χ4n) is 2.63. The monoisotopic (exact) mass is 308 g/mol. The summed E-state index contributed by atoms with van der Waals surface area (Å²) in [6, 6.07) is 0. The van der Waals surface area contributed by atoms with Crippen molar-refractivity contribution in [2.24, 2.45) is 0 Å². The maximum atomic E-state index is 11.1. The zero-order valence-electron chi connectivity index (χ0n) is 14.0. The Morgan fingerprint density at radius 3 is 1.36 bits per heavy atom. The smallest absolute Gasteiger partial charge is 0.206 e. The Morgan fingerprint density at radius 2 is 0.955 bits per heavy atom. The second-order valence-corrected chi connectivity index (χ2v) is 6.10. The number of ketones is 1. The van der Waals surface area contributed by atoms with Crippen molar-refractivity contribution >= 4 is 18.4 Å². The molecule has 0 saturated carbocycles. The molecule has 22 heavy (non-hydrogen) atoms. The topological polar surface area (TPSA) is 51.2 Å². The van der Waals surface area contributed by atoms with Crippen LogP contribution in [0, 0.1) is 0 Å². The van der Waals surface area contributed by atoms with Gasteiger partial charge in [0.05, 0.1) is 6.42 Å². The van der Waals surface area contributed by atoms with E-state index in [9.17, 15) is 14.4 Å². The van der Waals surface area contributed by atoms with Gasteiger partial charge in [0.1, 0.15) is 5.78 Å². The summed E-state index contributed by atoms with van der Waals surface area (Å²) >= 11 is 0. The lowest BCUT2D eigenvalue weighted by molar-refractivity contribution is -0.118. The maximum Gasteiger partial charge on any atom is 0.206 e. The van der Waals surface area contributed by atoms with E-state index < -0.39 is 0 Å². The molecule has 0 amide bonds. The van der Waals surface area contributed by atoms with Gasteiger partial charge in [0.15, 0.2) is 6.29 Å². The predicted molar refractivity (Wildman–Crippen MR) is 90.3 cm³/mol. The summed E-state index contributed by atoms with van der Waals surface area (Å²) in [5.74, 6) is 0.0271. The molecular weight excluding hydrogens is 276 g/mol. The lowest BCUT2D eigenvalue weighted by Gasteiger charge is -2.03. The number of hydrogen-bond donors (Lipinski definition) is 0. The SMILES string of the molecule is O=[C]CCCCCCCCCCCCCCCC(=O)C[C]=O. The third-order valence-electron chi connectivity index (χ3n) is 4.00. The van der Waals surface area contributed by atoms with Crippen LogP contribution in [0.1, 0.15) is 103 Å². The number of rotatable bonds is 18. The van der Waals surface area contributed by atoms with E-state index in [4.69, 9.17) is 0 Å². The molecular formula is C19H32O3. The van der Waals surface area contributed by atoms with Gasteiger partial charge in [0, 0.05) is 12.8 Å². The van der Waals surface area contributed by atoms with Crippen LogP contribution in [-0.2, 0) is 14.4 Å². The molecule has 0 saturated heterocycles. The molecule has 0 aliphatic heterocycles. The molecule has 126 valence electrons. The van der Waals surface area contributed by atoms with E-state index in [1.54, 1.807) is 6.29 Å². The van der Waals surface area contributed by atoms with Crippen LogP contribution in [0.25, 0.3) is 0 Å². The van der Waals surface area contributed by atoms with Crippen molar-refractivity contribution in [2.75, 3.05) is 0 Å². The summed E-state index contributed by atoms with van der Waals surface area (Å²) in [5.41, 5.74) is 0. The van der Waals surface area contributed by atoms with Crippen LogP contribution < -0.4 is 0 Å². The molecule has 0 atom stereocenters. The Kier molecular flexibility index (Phi) is 17.2. The van der Waals surface area contributed by atoms with Crippen molar-refractivity contribution in [1.82, 2.24) is 0 Å². The molecule has 3 heteroatoms. The number of unbranched alkanes of at least 4 members (excludes halogenated alkanes) is 13. The van der Waals surface area contributed by atoms with Crippen LogP contribution in [0.4, 0.5) is 0 Å². The molecule has 0 aliphatic rings. The van der Waals surface area contributed by atoms with E-state index in [0.29, 0.717) is 12.8 Å². The Bertz CT molecular complexity index is 274. The quantitative estimate of drug-likeness (QED) is 0.264. The van der Waals surface area contributed by atoms with Crippen molar-refractivity contribution in [1.29, 1.82) is 0 Å². The van der Waals surface area contributed by atoms with Gasteiger partial charge >= 0.3 is 0 Å². The molecule has 0 aromatic heterocycles. The predicted octanol–water partition coefficient (Wildman–Crippen LogP) is 5.02. The fourth-order valence-corrected chi connectivity index (χ4v) is 2.63. The van der Waals surface area contributed by atoms with Gasteiger partial charge in [-0.2, -0.15) is 0 Å². The Hall–Kier alpha value is -0.990. The average molecular weight is 308 g/mol. The first kappa shape index (κ1) is 21.0. The van der Waals surface area contributed by atoms with E-state index in [1.165, 1.54) is 64.2 Å². The van der Waals surface area contributed by atoms with Crippen molar-refractivity contribution in [2.45, 2.75) is 103 Å². The van der Waals surface area contributed by atoms with Crippen molar-refractivity contribution in [3.8, 4) is 0 Å². The second-order valence-electron chi connectivity index (χ2n) is 6.10. The minimum absolute atomic E-state index is 0.0271. The molecule has 0 aliphatic carbocycles. The van der Waals surface area contributed by atoms with Gasteiger partial charge in [0.2, 0.25) is 6.29 Å². The second kappa shape index (κ2) is 18.1. The van der Waals surface area contributed by atoms with Crippen LogP contribution >= 0.6 is 0 Å². The zero-order chi connectivity index (χ0) is 16.3. The summed E-state index contributed by atoms with van der Waals surface area (Å²) in [5, 5.41) is 0. The number of carbonyl (C=O) groups is 1. The van der Waals surface area contributed by atoms with Crippen LogP contribution in [0.5, 0.6) is 0 Å². The zero-order valence-corrected chi connectivity index (χ0v) is 14.0. The van der Waals surface area contributed by atoms with E-state index in [-0.39, 0.29) is 12.2 Å². The van der Waals surface area contributed by atoms with Crippen LogP contribution in [0.15, 0.2) is 0 Å². The Labute approximate surface area is 136 Å². The summed E-state index contributed by atoms with van der Waals surface area (Å²) in [7, 11) is 0. The Morgan fingerprint density at radius 1 is 0.545 bits per heavy atom. The molecule has 0 fully saturated rings. The molecule has 0 spiro atoms. The summed E-state index contributed by atoms with van der Waals surface area (Å²) in [4.78, 5) is 31.1. The van der Waals surface area contributed by atoms with Gasteiger partial charge in [-0.25, -0.2) is 0 Å². The highest BCUT2D eigenvalue weighted by atomic mass is 16.1. The van der Waals surface area contributed by atoms with Gasteiger partial charge < -0.3 is 0 Å². The van der Waals surface area contributed by atoms with Crippen LogP contribution in [-0.4, -0.2) is 18.4 Å². The molecule has 0 aromatic rings. The maximum absolute atomic E-state index is 11.1. The van der Waals surface area contributed by atoms with Gasteiger partial charge in [-0.3, -0.25) is 14.4 Å². The first-order valence-electron chi connectivity index (χ1n) is 9.03. The van der Waals surface area contributed by atoms with Crippen molar-refractivity contribution in [3.05, 3.63) is 0 Å². The molecule has 2 radical (unpaired) electrons. The van der Waals surface area contributed by atoms with Gasteiger partial charge in [-0.1, -0.05) is 70.6 Å². The Balaban J connectivity index is 3.04. The first-order valence-corrected chi connectivity index (χ1v) is 9.03. The standard InChI is InChI=1S/C19H32O3/c20-17-14-12-10-8-6-4-2-1-3-5-7-9-11-13-15-19(22)16-18-21/h1-16H2. The van der Waals surface area contributed by atoms with Crippen LogP contribution in [0.2, 0.25) is 0 Å². The minimum Gasteiger partial charge on any atom is -0.299 e. The van der Waals surface area contributed by atoms with Crippen molar-refractivity contribution in [3.63, 3.8) is 0 Å². The highest BCUT2D eigenvalue weighted by molar-refractivity contribution is 5.89. The third kappa shape index (κ3) is 17.1. The minimum atomic E-state index is -0.0322. The number of hydrogen-bond acceptors (Lipinski definition) is 3. The lowest BCUT2D eigenvalue weighted by Crippen LogP contribution is -1.97. The number of Topliss-reactive ketones (excluding diaryl/α,β-unsaturated/α-hetero) is 1. The first-order chi connectivity index (χ1) is 10.8. The van der Waals surface area contributed by atoms with Gasteiger partial charge in [-0.05, 0) is 12.8 Å². The lowest BCUT2D eigenvalue weighted by atomic mass is 10.0. The molecule has 0 heterocycles. The number of carbonyl (C=O) groups excluding carboxylic acids is 3. The molecule has 0 bridgehead atoms. The van der Waals surface area contributed by atoms with Gasteiger partial charge in [-0.15, -0.1) is 0 Å². The van der Waals surface area contributed by atoms with E-state index in [0.717, 1.165) is 19.3 Å². The molecule has 0 unspecified atom stereocenters. The molecule has 0 aromatic carbocycles. The van der Waals surface area contributed by atoms with E-state index in [2.05, 4.69) is 0 Å². The van der Waals surface area contributed by atoms with E-state index in [1.807, 2.05) is 6.29 Å². The fraction of sp³-hybridized carbons (Fsp3) is 0.842. The summed E-state index contributed by atoms with van der Waals surface area (Å²) in [6.07, 6.45) is 20.5. The summed E-state index contributed by atoms with van der Waals surface area (Å²) in [6.45, 7) is 0. The molecule has 0 rings (SSSR count). The average Bonchev–Trinajstić information content (AvgIpc) is 2.51. The molecule has 0 N–H and O–H groups in total. The highest BCUT2D eigenvalue weighted by Crippen LogP contribution is 2.13. The van der Waals surface area contributed by atoms with Gasteiger partial charge in [0.25, 0.3) is 0 Å². The summed E-state index contributed by atoms with van der Waals surface area (Å²) < 4.78 is 0. The van der Waals surface area contributed by atoms with Crippen molar-refractivity contribution < 1.29 is 14.4 Å². The molecule has 3 nitrogen and oxygen atoms in total. The highest BCUT2D eigenvalue weighted by Gasteiger charge is 2.00. The third-order valence-corrected chi connectivity index (χ3v) is 4.00. The van der Waals surface area contributed by atoms with Crippen LogP contribution in [0.3, 0.4) is 0 Å². The van der Waals surface area contributed by atoms with E-state index >= 15 is 0 Å².